The summed E-state index contributed by atoms with van der Waals surface area (Å²) < 4.78 is 4.76. The van der Waals surface area contributed by atoms with Crippen molar-refractivity contribution < 1.29 is 14.3 Å². The van der Waals surface area contributed by atoms with E-state index in [0.717, 1.165) is 16.9 Å². The summed E-state index contributed by atoms with van der Waals surface area (Å²) in [4.78, 5) is 25.3. The van der Waals surface area contributed by atoms with Gasteiger partial charge in [-0.1, -0.05) is 46.7 Å². The predicted octanol–water partition coefficient (Wildman–Crippen LogP) is 5.06. The number of allylic oxidation sites excluding steroid dienone is 4. The molecule has 0 aliphatic heterocycles. The molecular formula is C17H22BrNO3S. The predicted molar refractivity (Wildman–Crippen MR) is 99.3 cm³/mol. The highest BCUT2D eigenvalue weighted by atomic mass is 79.9. The molecule has 6 heteroatoms. The van der Waals surface area contributed by atoms with Crippen LogP contribution in [0.5, 0.6) is 0 Å². The Kier molecular flexibility index (Phi) is 8.87. The van der Waals surface area contributed by atoms with Crippen molar-refractivity contribution in [1.29, 1.82) is 0 Å². The number of halogens is 1. The number of anilines is 1. The first kappa shape index (κ1) is 19.6. The van der Waals surface area contributed by atoms with Gasteiger partial charge in [-0.2, -0.15) is 0 Å². The highest BCUT2D eigenvalue weighted by Gasteiger charge is 2.18. The lowest BCUT2D eigenvalue weighted by Gasteiger charge is -2.06. The lowest BCUT2D eigenvalue weighted by Crippen LogP contribution is -2.13. The first-order valence-electron chi connectivity index (χ1n) is 7.44. The van der Waals surface area contributed by atoms with Gasteiger partial charge >= 0.3 is 5.97 Å². The Morgan fingerprint density at radius 2 is 2.13 bits per heavy atom. The largest absolute Gasteiger partial charge is 0.465 e. The molecule has 1 N–H and O–H groups in total. The minimum absolute atomic E-state index is 0.113. The lowest BCUT2D eigenvalue weighted by molar-refractivity contribution is -0.116. The van der Waals surface area contributed by atoms with E-state index in [-0.39, 0.29) is 5.91 Å². The number of carbonyl (C=O) groups is 2. The molecule has 1 aromatic heterocycles. The van der Waals surface area contributed by atoms with Crippen molar-refractivity contribution >= 4 is 44.8 Å². The molecule has 4 nitrogen and oxygen atoms in total. The van der Waals surface area contributed by atoms with Crippen LogP contribution in [-0.4, -0.2) is 19.0 Å². The SMILES string of the molecule is C/C=C(\C=C/CC)CCC(=O)Nc1cc(CBr)sc1C(=O)OC. The van der Waals surface area contributed by atoms with Crippen molar-refractivity contribution in [1.82, 2.24) is 0 Å². The number of esters is 1. The number of carbonyl (C=O) groups excluding carboxylic acids is 2. The van der Waals surface area contributed by atoms with E-state index >= 15 is 0 Å². The third-order valence-corrected chi connectivity index (χ3v) is 5.23. The molecule has 23 heavy (non-hydrogen) atoms. The normalized spacial score (nSPS) is 11.7. The average Bonchev–Trinajstić information content (AvgIpc) is 2.97. The first-order valence-corrected chi connectivity index (χ1v) is 9.38. The number of hydrogen-bond acceptors (Lipinski definition) is 4. The smallest absolute Gasteiger partial charge is 0.350 e. The van der Waals surface area contributed by atoms with Crippen molar-refractivity contribution in [2.24, 2.45) is 0 Å². The Bertz CT molecular complexity index is 605. The second-order valence-electron chi connectivity index (χ2n) is 4.80. The molecule has 0 aromatic carbocycles. The van der Waals surface area contributed by atoms with E-state index in [1.54, 1.807) is 6.07 Å². The van der Waals surface area contributed by atoms with Crippen LogP contribution in [0.1, 0.15) is 47.7 Å². The van der Waals surface area contributed by atoms with E-state index in [1.807, 2.05) is 19.1 Å². The number of ether oxygens (including phenoxy) is 1. The standard InChI is InChI=1S/C17H22BrNO3S/c1-4-6-7-12(5-2)8-9-15(20)19-14-10-13(11-18)23-16(14)17(21)22-3/h5-7,10H,4,8-9,11H2,1-3H3,(H,19,20)/b7-6-,12-5+. The topological polar surface area (TPSA) is 55.4 Å². The van der Waals surface area contributed by atoms with Gasteiger partial charge in [0.25, 0.3) is 0 Å². The molecule has 1 aromatic rings. The van der Waals surface area contributed by atoms with Crippen LogP contribution < -0.4 is 5.32 Å². The number of methoxy groups -OCH3 is 1. The summed E-state index contributed by atoms with van der Waals surface area (Å²) >= 11 is 4.67. The van der Waals surface area contributed by atoms with Gasteiger partial charge in [-0.3, -0.25) is 4.79 Å². The third-order valence-electron chi connectivity index (χ3n) is 3.14. The van der Waals surface area contributed by atoms with Crippen LogP contribution in [0, 0.1) is 0 Å². The Balaban J connectivity index is 2.72. The number of amides is 1. The van der Waals surface area contributed by atoms with Crippen LogP contribution in [0.4, 0.5) is 5.69 Å². The molecule has 1 heterocycles. The van der Waals surface area contributed by atoms with Crippen LogP contribution in [0.15, 0.2) is 29.9 Å². The maximum absolute atomic E-state index is 12.1. The lowest BCUT2D eigenvalue weighted by atomic mass is 10.1. The molecule has 0 bridgehead atoms. The summed E-state index contributed by atoms with van der Waals surface area (Å²) in [7, 11) is 1.33. The molecule has 0 atom stereocenters. The van der Waals surface area contributed by atoms with Gasteiger partial charge in [-0.25, -0.2) is 4.79 Å². The number of nitrogens with one attached hydrogen (secondary N) is 1. The van der Waals surface area contributed by atoms with Gasteiger partial charge in [0.15, 0.2) is 0 Å². The van der Waals surface area contributed by atoms with Gasteiger partial charge in [-0.15, -0.1) is 11.3 Å². The van der Waals surface area contributed by atoms with Crippen LogP contribution in [-0.2, 0) is 14.9 Å². The summed E-state index contributed by atoms with van der Waals surface area (Å²) in [6.45, 7) is 4.03. The van der Waals surface area contributed by atoms with Crippen molar-refractivity contribution in [2.75, 3.05) is 12.4 Å². The van der Waals surface area contributed by atoms with Crippen molar-refractivity contribution in [3.05, 3.63) is 39.6 Å². The molecule has 0 fully saturated rings. The van der Waals surface area contributed by atoms with Crippen molar-refractivity contribution in [3.63, 3.8) is 0 Å². The van der Waals surface area contributed by atoms with Crippen LogP contribution >= 0.6 is 27.3 Å². The highest BCUT2D eigenvalue weighted by Crippen LogP contribution is 2.29. The molecule has 0 saturated carbocycles. The number of hydrogen-bond donors (Lipinski definition) is 1. The molecular weight excluding hydrogens is 378 g/mol. The fourth-order valence-electron chi connectivity index (χ4n) is 1.91. The molecule has 0 radical (unpaired) electrons. The van der Waals surface area contributed by atoms with Crippen molar-refractivity contribution in [3.8, 4) is 0 Å². The Hall–Kier alpha value is -1.40. The summed E-state index contributed by atoms with van der Waals surface area (Å²) in [5.74, 6) is -0.546. The van der Waals surface area contributed by atoms with E-state index in [4.69, 9.17) is 4.74 Å². The maximum atomic E-state index is 12.1. The second kappa shape index (κ2) is 10.4. The van der Waals surface area contributed by atoms with Crippen LogP contribution in [0.2, 0.25) is 0 Å². The third kappa shape index (κ3) is 6.31. The molecule has 0 saturated heterocycles. The zero-order chi connectivity index (χ0) is 17.2. The summed E-state index contributed by atoms with van der Waals surface area (Å²) in [6.07, 6.45) is 8.13. The van der Waals surface area contributed by atoms with E-state index in [1.165, 1.54) is 18.4 Å². The highest BCUT2D eigenvalue weighted by molar-refractivity contribution is 9.08. The van der Waals surface area contributed by atoms with Gasteiger partial charge in [0, 0.05) is 16.6 Å². The molecule has 0 aliphatic rings. The van der Waals surface area contributed by atoms with Gasteiger partial charge in [0.1, 0.15) is 4.88 Å². The zero-order valence-electron chi connectivity index (χ0n) is 13.6. The molecule has 1 amide bonds. The average molecular weight is 400 g/mol. The summed E-state index contributed by atoms with van der Waals surface area (Å²) in [6, 6.07) is 1.80. The van der Waals surface area contributed by atoms with Gasteiger partial charge in [0.2, 0.25) is 5.91 Å². The summed E-state index contributed by atoms with van der Waals surface area (Å²) in [5.41, 5.74) is 1.65. The minimum Gasteiger partial charge on any atom is -0.465 e. The Morgan fingerprint density at radius 3 is 2.70 bits per heavy atom. The molecule has 0 spiro atoms. The van der Waals surface area contributed by atoms with Crippen LogP contribution in [0.3, 0.4) is 0 Å². The van der Waals surface area contributed by atoms with E-state index in [0.29, 0.717) is 28.7 Å². The van der Waals surface area contributed by atoms with E-state index in [9.17, 15) is 9.59 Å². The minimum atomic E-state index is -0.433. The molecule has 1 rings (SSSR count). The fraction of sp³-hybridized carbons (Fsp3) is 0.412. The zero-order valence-corrected chi connectivity index (χ0v) is 16.1. The van der Waals surface area contributed by atoms with Gasteiger partial charge in [-0.05, 0) is 25.8 Å². The maximum Gasteiger partial charge on any atom is 0.350 e. The van der Waals surface area contributed by atoms with Crippen LogP contribution in [0.25, 0.3) is 0 Å². The van der Waals surface area contributed by atoms with Gasteiger partial charge in [0.05, 0.1) is 12.8 Å². The van der Waals surface area contributed by atoms with Crippen molar-refractivity contribution in [2.45, 2.75) is 38.4 Å². The molecule has 126 valence electrons. The number of rotatable bonds is 8. The number of thiophene rings is 1. The number of alkyl halides is 1. The quantitative estimate of drug-likeness (QED) is 0.377. The Morgan fingerprint density at radius 1 is 1.39 bits per heavy atom. The molecule has 0 aliphatic carbocycles. The Labute approximate surface area is 149 Å². The summed E-state index contributed by atoms with van der Waals surface area (Å²) in [5, 5.41) is 3.44. The fourth-order valence-corrected chi connectivity index (χ4v) is 3.29. The second-order valence-corrected chi connectivity index (χ2v) is 6.50. The molecule has 0 unspecified atom stereocenters. The monoisotopic (exact) mass is 399 g/mol. The van der Waals surface area contributed by atoms with E-state index in [2.05, 4.69) is 34.2 Å². The van der Waals surface area contributed by atoms with E-state index < -0.39 is 5.97 Å². The first-order chi connectivity index (χ1) is 11.0. The van der Waals surface area contributed by atoms with Gasteiger partial charge < -0.3 is 10.1 Å².